The number of benzene rings is 2. The van der Waals surface area contributed by atoms with Gasteiger partial charge in [0, 0.05) is 21.7 Å². The third kappa shape index (κ3) is 5.98. The Labute approximate surface area is 151 Å². The van der Waals surface area contributed by atoms with Crippen molar-refractivity contribution in [2.24, 2.45) is 0 Å². The molecule has 0 heterocycles. The first kappa shape index (κ1) is 18.5. The number of amides is 1. The third-order valence-corrected chi connectivity index (χ3v) is 4.62. The molecule has 0 bridgehead atoms. The van der Waals surface area contributed by atoms with Crippen molar-refractivity contribution in [3.63, 3.8) is 0 Å². The number of hydrogen-bond acceptors (Lipinski definition) is 4. The third-order valence-electron chi connectivity index (χ3n) is 2.92. The van der Waals surface area contributed by atoms with Crippen LogP contribution in [0.4, 0.5) is 4.39 Å². The first-order valence-electron chi connectivity index (χ1n) is 7.13. The Bertz CT molecular complexity index is 712. The molecule has 0 saturated heterocycles. The number of esters is 1. The average Bonchev–Trinajstić information content (AvgIpc) is 2.59. The zero-order chi connectivity index (χ0) is 17.4. The second-order valence-corrected chi connectivity index (χ2v) is 6.73. The van der Waals surface area contributed by atoms with Crippen molar-refractivity contribution in [2.45, 2.75) is 4.90 Å². The predicted molar refractivity (Wildman–Crippen MR) is 94.6 cm³/mol. The van der Waals surface area contributed by atoms with Gasteiger partial charge in [-0.25, -0.2) is 9.18 Å². The summed E-state index contributed by atoms with van der Waals surface area (Å²) in [5, 5.41) is 2.66. The molecule has 24 heavy (non-hydrogen) atoms. The highest BCUT2D eigenvalue weighted by molar-refractivity contribution is 9.10. The van der Waals surface area contributed by atoms with Gasteiger partial charge in [-0.05, 0) is 46.3 Å². The first-order valence-corrected chi connectivity index (χ1v) is 8.91. The Balaban J connectivity index is 1.69. The molecule has 126 valence electrons. The normalized spacial score (nSPS) is 10.2. The molecule has 0 spiro atoms. The SMILES string of the molecule is O=C(COC(=O)c1cc(F)ccc1Br)NCCSc1ccccc1. The van der Waals surface area contributed by atoms with Gasteiger partial charge in [0.2, 0.25) is 0 Å². The zero-order valence-corrected chi connectivity index (χ0v) is 15.0. The van der Waals surface area contributed by atoms with Crippen LogP contribution >= 0.6 is 27.7 Å². The second-order valence-electron chi connectivity index (χ2n) is 4.71. The van der Waals surface area contributed by atoms with Crippen LogP contribution in [0.5, 0.6) is 0 Å². The minimum absolute atomic E-state index is 0.0439. The standard InChI is InChI=1S/C17H15BrFNO3S/c18-15-7-6-12(19)10-14(15)17(22)23-11-16(21)20-8-9-24-13-4-2-1-3-5-13/h1-7,10H,8-9,11H2,(H,20,21). The zero-order valence-electron chi connectivity index (χ0n) is 12.6. The molecule has 1 amide bonds. The summed E-state index contributed by atoms with van der Waals surface area (Å²) in [7, 11) is 0. The minimum Gasteiger partial charge on any atom is -0.452 e. The van der Waals surface area contributed by atoms with Crippen molar-refractivity contribution in [1.82, 2.24) is 5.32 Å². The van der Waals surface area contributed by atoms with E-state index < -0.39 is 24.3 Å². The molecule has 4 nitrogen and oxygen atoms in total. The van der Waals surface area contributed by atoms with Crippen LogP contribution in [-0.2, 0) is 9.53 Å². The Hall–Kier alpha value is -1.86. The molecule has 0 radical (unpaired) electrons. The summed E-state index contributed by atoms with van der Waals surface area (Å²) < 4.78 is 18.4. The minimum atomic E-state index is -0.754. The number of nitrogens with one attached hydrogen (secondary N) is 1. The van der Waals surface area contributed by atoms with Gasteiger partial charge in [0.25, 0.3) is 5.91 Å². The van der Waals surface area contributed by atoms with Crippen molar-refractivity contribution < 1.29 is 18.7 Å². The van der Waals surface area contributed by atoms with Crippen molar-refractivity contribution >= 4 is 39.6 Å². The average molecular weight is 412 g/mol. The number of carbonyl (C=O) groups excluding carboxylic acids is 2. The number of hydrogen-bond donors (Lipinski definition) is 1. The van der Waals surface area contributed by atoms with Gasteiger partial charge >= 0.3 is 5.97 Å². The summed E-state index contributed by atoms with van der Waals surface area (Å²) in [6.45, 7) is 0.0530. The van der Waals surface area contributed by atoms with Crippen molar-refractivity contribution in [3.05, 3.63) is 64.4 Å². The maximum Gasteiger partial charge on any atom is 0.339 e. The smallest absolute Gasteiger partial charge is 0.339 e. The van der Waals surface area contributed by atoms with Crippen LogP contribution in [0.1, 0.15) is 10.4 Å². The second kappa shape index (κ2) is 9.44. The molecule has 0 atom stereocenters. The van der Waals surface area contributed by atoms with E-state index in [0.29, 0.717) is 16.8 Å². The van der Waals surface area contributed by atoms with E-state index in [1.54, 1.807) is 11.8 Å². The summed E-state index contributed by atoms with van der Waals surface area (Å²) in [4.78, 5) is 24.6. The van der Waals surface area contributed by atoms with Crippen molar-refractivity contribution in [2.75, 3.05) is 18.9 Å². The number of halogens is 2. The molecule has 0 aliphatic rings. The highest BCUT2D eigenvalue weighted by Crippen LogP contribution is 2.18. The monoisotopic (exact) mass is 411 g/mol. The fourth-order valence-corrected chi connectivity index (χ4v) is 2.99. The number of carbonyl (C=O) groups is 2. The van der Waals surface area contributed by atoms with Gasteiger partial charge in [-0.1, -0.05) is 18.2 Å². The lowest BCUT2D eigenvalue weighted by molar-refractivity contribution is -0.124. The van der Waals surface area contributed by atoms with Crippen LogP contribution in [0.25, 0.3) is 0 Å². The lowest BCUT2D eigenvalue weighted by Gasteiger charge is -2.07. The van der Waals surface area contributed by atoms with E-state index in [1.165, 1.54) is 12.1 Å². The molecule has 2 rings (SSSR count). The van der Waals surface area contributed by atoms with Gasteiger partial charge in [-0.2, -0.15) is 0 Å². The maximum atomic E-state index is 13.1. The molecule has 0 aromatic heterocycles. The largest absolute Gasteiger partial charge is 0.452 e. The van der Waals surface area contributed by atoms with E-state index in [4.69, 9.17) is 4.74 Å². The molecular formula is C17H15BrFNO3S. The van der Waals surface area contributed by atoms with Crippen LogP contribution in [0.15, 0.2) is 57.9 Å². The van der Waals surface area contributed by atoms with Crippen LogP contribution in [0.2, 0.25) is 0 Å². The lowest BCUT2D eigenvalue weighted by atomic mass is 10.2. The summed E-state index contributed by atoms with van der Waals surface area (Å²) >= 11 is 4.76. The highest BCUT2D eigenvalue weighted by Gasteiger charge is 2.14. The molecule has 0 fully saturated rings. The van der Waals surface area contributed by atoms with E-state index in [0.717, 1.165) is 11.0 Å². The molecular weight excluding hydrogens is 397 g/mol. The lowest BCUT2D eigenvalue weighted by Crippen LogP contribution is -2.30. The van der Waals surface area contributed by atoms with Gasteiger partial charge < -0.3 is 10.1 Å². The van der Waals surface area contributed by atoms with E-state index in [1.807, 2.05) is 30.3 Å². The summed E-state index contributed by atoms with van der Waals surface area (Å²) in [6.07, 6.45) is 0. The van der Waals surface area contributed by atoms with Crippen LogP contribution in [0.3, 0.4) is 0 Å². The van der Waals surface area contributed by atoms with Crippen LogP contribution in [0, 0.1) is 5.82 Å². The topological polar surface area (TPSA) is 55.4 Å². The number of rotatable bonds is 7. The van der Waals surface area contributed by atoms with Gasteiger partial charge in [0.05, 0.1) is 5.56 Å². The van der Waals surface area contributed by atoms with Crippen LogP contribution in [-0.4, -0.2) is 30.8 Å². The van der Waals surface area contributed by atoms with E-state index in [9.17, 15) is 14.0 Å². The molecule has 2 aromatic rings. The summed E-state index contributed by atoms with van der Waals surface area (Å²) in [6, 6.07) is 13.5. The maximum absolute atomic E-state index is 13.1. The van der Waals surface area contributed by atoms with Crippen molar-refractivity contribution in [1.29, 1.82) is 0 Å². The first-order chi connectivity index (χ1) is 11.6. The molecule has 0 aliphatic carbocycles. The highest BCUT2D eigenvalue weighted by atomic mass is 79.9. The quantitative estimate of drug-likeness (QED) is 0.429. The van der Waals surface area contributed by atoms with Crippen LogP contribution < -0.4 is 5.32 Å². The van der Waals surface area contributed by atoms with E-state index in [-0.39, 0.29) is 5.56 Å². The molecule has 0 aliphatic heterocycles. The Kier molecular flexibility index (Phi) is 7.27. The number of ether oxygens (including phenoxy) is 1. The van der Waals surface area contributed by atoms with Gasteiger partial charge in [-0.3, -0.25) is 4.79 Å². The Morgan fingerprint density at radius 2 is 1.92 bits per heavy atom. The molecule has 7 heteroatoms. The van der Waals surface area contributed by atoms with Gasteiger partial charge in [0.15, 0.2) is 6.61 Å². The van der Waals surface area contributed by atoms with E-state index >= 15 is 0 Å². The van der Waals surface area contributed by atoms with E-state index in [2.05, 4.69) is 21.2 Å². The molecule has 1 N–H and O–H groups in total. The Morgan fingerprint density at radius 1 is 1.17 bits per heavy atom. The summed E-state index contributed by atoms with van der Waals surface area (Å²) in [5.41, 5.74) is 0.0439. The Morgan fingerprint density at radius 3 is 2.67 bits per heavy atom. The van der Waals surface area contributed by atoms with Gasteiger partial charge in [-0.15, -0.1) is 11.8 Å². The fourth-order valence-electron chi connectivity index (χ4n) is 1.79. The fraction of sp³-hybridized carbons (Fsp3) is 0.176. The number of thioether (sulfide) groups is 1. The molecule has 2 aromatic carbocycles. The predicted octanol–water partition coefficient (Wildman–Crippen LogP) is 3.65. The van der Waals surface area contributed by atoms with Gasteiger partial charge in [0.1, 0.15) is 5.82 Å². The van der Waals surface area contributed by atoms with Crippen molar-refractivity contribution in [3.8, 4) is 0 Å². The molecule has 0 unspecified atom stereocenters. The summed E-state index contributed by atoms with van der Waals surface area (Å²) in [5.74, 6) is -0.994. The molecule has 0 saturated carbocycles.